The van der Waals surface area contributed by atoms with Gasteiger partial charge in [-0.3, -0.25) is 9.59 Å². The summed E-state index contributed by atoms with van der Waals surface area (Å²) in [5, 5.41) is 11.5. The van der Waals surface area contributed by atoms with Crippen LogP contribution in [0.15, 0.2) is 12.5 Å². The Hall–Kier alpha value is -1.85. The summed E-state index contributed by atoms with van der Waals surface area (Å²) < 4.78 is 0. The van der Waals surface area contributed by atoms with Gasteiger partial charge in [-0.05, 0) is 0 Å². The molecule has 2 unspecified atom stereocenters. The van der Waals surface area contributed by atoms with E-state index in [1.54, 1.807) is 19.4 Å². The lowest BCUT2D eigenvalue weighted by Crippen LogP contribution is -2.36. The maximum atomic E-state index is 11.6. The number of imidazole rings is 1. The van der Waals surface area contributed by atoms with E-state index >= 15 is 0 Å². The zero-order valence-corrected chi connectivity index (χ0v) is 9.93. The van der Waals surface area contributed by atoms with Gasteiger partial charge in [-0.2, -0.15) is 0 Å². The Kier molecular flexibility index (Phi) is 4.68. The molecule has 0 saturated heterocycles. The second-order valence-corrected chi connectivity index (χ2v) is 4.03. The first-order chi connectivity index (χ1) is 8.02. The molecule has 1 rings (SSSR count). The Labute approximate surface area is 99.4 Å². The lowest BCUT2D eigenvalue weighted by atomic mass is 9.95. The third-order valence-electron chi connectivity index (χ3n) is 2.80. The molecule has 1 amide bonds. The molecule has 6 heteroatoms. The van der Waals surface area contributed by atoms with Crippen LogP contribution in [0.25, 0.3) is 0 Å². The summed E-state index contributed by atoms with van der Waals surface area (Å²) in [5.41, 5.74) is 0.934. The Balaban J connectivity index is 2.32. The van der Waals surface area contributed by atoms with Crippen LogP contribution in [0.5, 0.6) is 0 Å². The second kappa shape index (κ2) is 6.03. The number of H-pyrrole nitrogens is 1. The zero-order valence-electron chi connectivity index (χ0n) is 9.93. The van der Waals surface area contributed by atoms with E-state index in [9.17, 15) is 9.59 Å². The van der Waals surface area contributed by atoms with Gasteiger partial charge in [0.15, 0.2) is 0 Å². The number of amides is 1. The van der Waals surface area contributed by atoms with Crippen molar-refractivity contribution in [2.75, 3.05) is 6.54 Å². The first kappa shape index (κ1) is 13.2. The van der Waals surface area contributed by atoms with Gasteiger partial charge in [-0.25, -0.2) is 4.98 Å². The number of carboxylic acids is 1. The van der Waals surface area contributed by atoms with Crippen LogP contribution in [0.4, 0.5) is 0 Å². The summed E-state index contributed by atoms with van der Waals surface area (Å²) in [6.07, 6.45) is 3.92. The van der Waals surface area contributed by atoms with Crippen LogP contribution in [0.1, 0.15) is 19.5 Å². The Morgan fingerprint density at radius 2 is 2.18 bits per heavy atom. The highest BCUT2D eigenvalue weighted by atomic mass is 16.4. The number of hydrogen-bond donors (Lipinski definition) is 3. The van der Waals surface area contributed by atoms with Gasteiger partial charge in [0.2, 0.25) is 5.91 Å². The minimum absolute atomic E-state index is 0.237. The molecule has 2 atom stereocenters. The van der Waals surface area contributed by atoms with Crippen molar-refractivity contribution in [2.45, 2.75) is 20.3 Å². The van der Waals surface area contributed by atoms with E-state index in [1.807, 2.05) is 0 Å². The summed E-state index contributed by atoms with van der Waals surface area (Å²) >= 11 is 0. The van der Waals surface area contributed by atoms with Crippen LogP contribution in [-0.2, 0) is 16.0 Å². The highest BCUT2D eigenvalue weighted by Gasteiger charge is 2.25. The topological polar surface area (TPSA) is 95.1 Å². The molecule has 0 saturated carbocycles. The average Bonchev–Trinajstić information content (AvgIpc) is 2.79. The van der Waals surface area contributed by atoms with Crippen molar-refractivity contribution in [1.82, 2.24) is 15.3 Å². The summed E-state index contributed by atoms with van der Waals surface area (Å²) in [5.74, 6) is -2.41. The monoisotopic (exact) mass is 239 g/mol. The predicted molar refractivity (Wildman–Crippen MR) is 61.3 cm³/mol. The SMILES string of the molecule is CC(C(=O)O)C(C)C(=O)NCCc1cnc[nH]1. The Bertz CT molecular complexity index is 375. The molecule has 0 aliphatic carbocycles. The standard InChI is InChI=1S/C11H17N3O3/c1-7(8(2)11(16)17)10(15)13-4-3-9-5-12-6-14-9/h5-8H,3-4H2,1-2H3,(H,12,14)(H,13,15)(H,16,17). The Morgan fingerprint density at radius 3 is 2.71 bits per heavy atom. The number of carbonyl (C=O) groups excluding carboxylic acids is 1. The number of hydrogen-bond acceptors (Lipinski definition) is 3. The number of carbonyl (C=O) groups is 2. The van der Waals surface area contributed by atoms with Crippen molar-refractivity contribution in [3.8, 4) is 0 Å². The van der Waals surface area contributed by atoms with Crippen molar-refractivity contribution >= 4 is 11.9 Å². The molecule has 0 aliphatic heterocycles. The van der Waals surface area contributed by atoms with E-state index in [1.165, 1.54) is 6.92 Å². The zero-order chi connectivity index (χ0) is 12.8. The summed E-state index contributed by atoms with van der Waals surface area (Å²) in [4.78, 5) is 29.1. The van der Waals surface area contributed by atoms with Gasteiger partial charge >= 0.3 is 5.97 Å². The molecular formula is C11H17N3O3. The molecule has 1 aromatic heterocycles. The van der Waals surface area contributed by atoms with Crippen LogP contribution in [-0.4, -0.2) is 33.5 Å². The van der Waals surface area contributed by atoms with Gasteiger partial charge in [0.25, 0.3) is 0 Å². The van der Waals surface area contributed by atoms with Crippen molar-refractivity contribution < 1.29 is 14.7 Å². The maximum Gasteiger partial charge on any atom is 0.307 e. The van der Waals surface area contributed by atoms with Gasteiger partial charge in [-0.1, -0.05) is 13.8 Å². The molecule has 17 heavy (non-hydrogen) atoms. The number of aromatic amines is 1. The maximum absolute atomic E-state index is 11.6. The third-order valence-corrected chi connectivity index (χ3v) is 2.80. The highest BCUT2D eigenvalue weighted by Crippen LogP contribution is 2.10. The molecule has 1 heterocycles. The lowest BCUT2D eigenvalue weighted by molar-refractivity contribution is -0.146. The van der Waals surface area contributed by atoms with Gasteiger partial charge in [0.1, 0.15) is 0 Å². The quantitative estimate of drug-likeness (QED) is 0.670. The van der Waals surface area contributed by atoms with Crippen LogP contribution in [0.3, 0.4) is 0 Å². The van der Waals surface area contributed by atoms with E-state index < -0.39 is 17.8 Å². The van der Waals surface area contributed by atoms with Gasteiger partial charge in [0, 0.05) is 30.8 Å². The minimum atomic E-state index is -0.957. The third kappa shape index (κ3) is 3.90. The fourth-order valence-electron chi connectivity index (χ4n) is 1.34. The molecule has 3 N–H and O–H groups in total. The fraction of sp³-hybridized carbons (Fsp3) is 0.545. The minimum Gasteiger partial charge on any atom is -0.481 e. The van der Waals surface area contributed by atoms with Gasteiger partial charge in [0.05, 0.1) is 12.2 Å². The second-order valence-electron chi connectivity index (χ2n) is 4.03. The number of nitrogens with zero attached hydrogens (tertiary/aromatic N) is 1. The molecule has 94 valence electrons. The van der Waals surface area contributed by atoms with Crippen LogP contribution < -0.4 is 5.32 Å². The molecule has 0 aromatic carbocycles. The molecule has 6 nitrogen and oxygen atoms in total. The van der Waals surface area contributed by atoms with Crippen molar-refractivity contribution in [3.63, 3.8) is 0 Å². The number of rotatable bonds is 6. The van der Waals surface area contributed by atoms with E-state index in [0.29, 0.717) is 13.0 Å². The van der Waals surface area contributed by atoms with Crippen molar-refractivity contribution in [2.24, 2.45) is 11.8 Å². The van der Waals surface area contributed by atoms with Gasteiger partial charge in [-0.15, -0.1) is 0 Å². The first-order valence-corrected chi connectivity index (χ1v) is 5.50. The summed E-state index contributed by atoms with van der Waals surface area (Å²) in [6.45, 7) is 3.61. The number of nitrogens with one attached hydrogen (secondary N) is 2. The summed E-state index contributed by atoms with van der Waals surface area (Å²) in [7, 11) is 0. The number of aliphatic carboxylic acids is 1. The molecule has 0 radical (unpaired) electrons. The number of carboxylic acid groups (broad SMARTS) is 1. The molecule has 0 bridgehead atoms. The summed E-state index contributed by atoms with van der Waals surface area (Å²) in [6, 6.07) is 0. The predicted octanol–water partition coefficient (Wildman–Crippen LogP) is 0.425. The molecule has 0 spiro atoms. The highest BCUT2D eigenvalue weighted by molar-refractivity contribution is 5.84. The lowest BCUT2D eigenvalue weighted by Gasteiger charge is -2.15. The van der Waals surface area contributed by atoms with Crippen molar-refractivity contribution in [3.05, 3.63) is 18.2 Å². The fourth-order valence-corrected chi connectivity index (χ4v) is 1.34. The van der Waals surface area contributed by atoms with E-state index in [2.05, 4.69) is 15.3 Å². The molecular weight excluding hydrogens is 222 g/mol. The van der Waals surface area contributed by atoms with Crippen LogP contribution in [0, 0.1) is 11.8 Å². The van der Waals surface area contributed by atoms with Crippen molar-refractivity contribution in [1.29, 1.82) is 0 Å². The average molecular weight is 239 g/mol. The van der Waals surface area contributed by atoms with E-state index in [4.69, 9.17) is 5.11 Å². The molecule has 1 aromatic rings. The molecule has 0 fully saturated rings. The van der Waals surface area contributed by atoms with Crippen LogP contribution >= 0.6 is 0 Å². The van der Waals surface area contributed by atoms with E-state index in [-0.39, 0.29) is 5.91 Å². The normalized spacial score (nSPS) is 14.0. The smallest absolute Gasteiger partial charge is 0.307 e. The largest absolute Gasteiger partial charge is 0.481 e. The van der Waals surface area contributed by atoms with Gasteiger partial charge < -0.3 is 15.4 Å². The number of aromatic nitrogens is 2. The Morgan fingerprint density at radius 1 is 1.47 bits per heavy atom. The van der Waals surface area contributed by atoms with E-state index in [0.717, 1.165) is 5.69 Å². The van der Waals surface area contributed by atoms with Crippen LogP contribution in [0.2, 0.25) is 0 Å². The molecule has 0 aliphatic rings. The first-order valence-electron chi connectivity index (χ1n) is 5.50.